The zero-order valence-electron chi connectivity index (χ0n) is 30.2. The van der Waals surface area contributed by atoms with E-state index in [2.05, 4.69) is 30.6 Å². The van der Waals surface area contributed by atoms with Crippen LogP contribution in [0.15, 0.2) is 85.5 Å². The lowest BCUT2D eigenvalue weighted by Crippen LogP contribution is -2.15. The van der Waals surface area contributed by atoms with Crippen LogP contribution in [0.1, 0.15) is 68.8 Å². The van der Waals surface area contributed by atoms with Crippen molar-refractivity contribution in [2.75, 3.05) is 10.6 Å². The maximum absolute atomic E-state index is 13.0. The van der Waals surface area contributed by atoms with Crippen LogP contribution in [0.4, 0.5) is 20.4 Å². The number of hydrogen-bond acceptors (Lipinski definition) is 8. The molecule has 12 heteroatoms. The molecule has 0 radical (unpaired) electrons. The Labute approximate surface area is 318 Å². The monoisotopic (exact) mass is 746 g/mol. The molecule has 284 valence electrons. The van der Waals surface area contributed by atoms with Crippen molar-refractivity contribution in [3.8, 4) is 22.3 Å². The molecule has 4 heterocycles. The van der Waals surface area contributed by atoms with Gasteiger partial charge in [0.05, 0.1) is 35.4 Å². The van der Waals surface area contributed by atoms with Crippen molar-refractivity contribution in [2.45, 2.75) is 72.5 Å². The van der Waals surface area contributed by atoms with Gasteiger partial charge in [0, 0.05) is 46.7 Å². The van der Waals surface area contributed by atoms with E-state index in [0.717, 1.165) is 54.9 Å². The fraction of sp³-hybridized carbons (Fsp3) is 0.302. The van der Waals surface area contributed by atoms with Gasteiger partial charge in [0.15, 0.2) is 0 Å². The minimum Gasteiger partial charge on any atom is -0.387 e. The second kappa shape index (κ2) is 15.9. The van der Waals surface area contributed by atoms with Crippen molar-refractivity contribution < 1.29 is 28.6 Å². The number of nitrogens with one attached hydrogen (secondary N) is 2. The average molecular weight is 747 g/mol. The molecule has 6 atom stereocenters. The van der Waals surface area contributed by atoms with Crippen LogP contribution in [0.25, 0.3) is 43.8 Å². The molecule has 2 amide bonds. The van der Waals surface area contributed by atoms with Gasteiger partial charge in [-0.1, -0.05) is 31.7 Å². The van der Waals surface area contributed by atoms with Gasteiger partial charge in [0.25, 0.3) is 0 Å². The van der Waals surface area contributed by atoms with Gasteiger partial charge >= 0.3 is 0 Å². The molecule has 2 aliphatic carbocycles. The molecule has 0 saturated heterocycles. The van der Waals surface area contributed by atoms with Gasteiger partial charge in [-0.15, -0.1) is 0 Å². The van der Waals surface area contributed by atoms with E-state index in [9.17, 15) is 28.6 Å². The summed E-state index contributed by atoms with van der Waals surface area (Å²) in [6.45, 7) is 7.37. The molecule has 10 nitrogen and oxygen atoms in total. The number of halogens is 2. The lowest BCUT2D eigenvalue weighted by atomic mass is 9.95. The molecule has 2 fully saturated rings. The predicted molar refractivity (Wildman–Crippen MR) is 211 cm³/mol. The molecule has 0 bridgehead atoms. The van der Waals surface area contributed by atoms with Crippen LogP contribution in [-0.4, -0.2) is 54.3 Å². The SMILES string of the molecule is C.Cc1ccnc([C@@H](C)O)c1-c1ccc2cc(NC(=O)[C@@H]3C[C@@H]3F)ncc2c1.Cc1ccnc([C@H](C)O)c1-c1ccc2cc(NC(=O)[C@@H]3C[C@@H]3F)ncc2c1. The number of aliphatic hydroxyl groups is 2. The molecule has 55 heavy (non-hydrogen) atoms. The van der Waals surface area contributed by atoms with Gasteiger partial charge in [0.2, 0.25) is 11.8 Å². The summed E-state index contributed by atoms with van der Waals surface area (Å²) >= 11 is 0. The summed E-state index contributed by atoms with van der Waals surface area (Å²) in [5.41, 5.74) is 7.04. The van der Waals surface area contributed by atoms with Crippen LogP contribution in [0.5, 0.6) is 0 Å². The van der Waals surface area contributed by atoms with Gasteiger partial charge in [-0.3, -0.25) is 19.6 Å². The van der Waals surface area contributed by atoms with Crippen LogP contribution in [0, 0.1) is 25.7 Å². The Kier molecular flexibility index (Phi) is 11.3. The summed E-state index contributed by atoms with van der Waals surface area (Å²) in [5, 5.41) is 29.1. The molecule has 2 aromatic carbocycles. The summed E-state index contributed by atoms with van der Waals surface area (Å²) in [6, 6.07) is 19.2. The molecule has 2 aliphatic rings. The zero-order valence-corrected chi connectivity index (χ0v) is 30.2. The van der Waals surface area contributed by atoms with Gasteiger partial charge in [-0.05, 0) is 110 Å². The number of carbonyl (C=O) groups is 2. The summed E-state index contributed by atoms with van der Waals surface area (Å²) in [7, 11) is 0. The molecular weight excluding hydrogens is 703 g/mol. The minimum absolute atomic E-state index is 0. The molecular formula is C43H44F2N6O4. The topological polar surface area (TPSA) is 150 Å². The normalized spacial score (nSPS) is 19.3. The highest BCUT2D eigenvalue weighted by Crippen LogP contribution is 2.37. The van der Waals surface area contributed by atoms with E-state index in [4.69, 9.17) is 0 Å². The maximum atomic E-state index is 13.0. The number of hydrogen-bond donors (Lipinski definition) is 4. The van der Waals surface area contributed by atoms with Gasteiger partial charge in [-0.2, -0.15) is 0 Å². The van der Waals surface area contributed by atoms with Crippen molar-refractivity contribution in [1.82, 2.24) is 19.9 Å². The van der Waals surface area contributed by atoms with Gasteiger partial charge < -0.3 is 20.8 Å². The van der Waals surface area contributed by atoms with E-state index in [1.54, 1.807) is 50.8 Å². The number of aliphatic hydroxyl groups excluding tert-OH is 2. The lowest BCUT2D eigenvalue weighted by Gasteiger charge is -2.14. The van der Waals surface area contributed by atoms with Crippen LogP contribution in [0.2, 0.25) is 0 Å². The van der Waals surface area contributed by atoms with Crippen molar-refractivity contribution in [3.05, 3.63) is 108 Å². The summed E-state index contributed by atoms with van der Waals surface area (Å²) < 4.78 is 26.0. The number of benzene rings is 2. The number of fused-ring (bicyclic) bond motifs is 2. The number of rotatable bonds is 8. The molecule has 0 unspecified atom stereocenters. The van der Waals surface area contributed by atoms with Gasteiger partial charge in [0.1, 0.15) is 24.0 Å². The Hall–Kier alpha value is -5.72. The molecule has 0 spiro atoms. The standard InChI is InChI=1S/2C21H20FN3O2.CH4/c2*1-11-5-6-23-20(12(2)26)19(11)14-4-3-13-8-18(24-10-15(13)7-14)25-21(27)16-9-17(16)22;/h2*3-8,10,12,16-17,26H,9H2,1-2H3,(H,24,25,27);1H4/t12-,16+,17-;12-,16-,17+;/m01./s1. The largest absolute Gasteiger partial charge is 0.387 e. The van der Waals surface area contributed by atoms with E-state index < -0.39 is 36.4 Å². The summed E-state index contributed by atoms with van der Waals surface area (Å²) in [4.78, 5) is 41.0. The van der Waals surface area contributed by atoms with Crippen molar-refractivity contribution in [2.24, 2.45) is 11.8 Å². The highest BCUT2D eigenvalue weighted by Gasteiger charge is 2.44. The van der Waals surface area contributed by atoms with Crippen LogP contribution < -0.4 is 10.6 Å². The Balaban J connectivity index is 0.000000184. The molecule has 2 saturated carbocycles. The third-order valence-corrected chi connectivity index (χ3v) is 9.79. The first kappa shape index (κ1) is 39.0. The maximum Gasteiger partial charge on any atom is 0.231 e. The number of aryl methyl sites for hydroxylation is 2. The molecule has 4 aromatic heterocycles. The Morgan fingerprint density at radius 2 is 1.02 bits per heavy atom. The second-order valence-corrected chi connectivity index (χ2v) is 14.1. The number of pyridine rings is 4. The third-order valence-electron chi connectivity index (χ3n) is 9.79. The Bertz CT molecular complexity index is 2240. The number of amides is 2. The average Bonchev–Trinajstić information content (AvgIpc) is 4.08. The van der Waals surface area contributed by atoms with Crippen LogP contribution in [0.3, 0.4) is 0 Å². The Morgan fingerprint density at radius 3 is 1.36 bits per heavy atom. The molecule has 6 aromatic rings. The van der Waals surface area contributed by atoms with Crippen LogP contribution in [-0.2, 0) is 9.59 Å². The highest BCUT2D eigenvalue weighted by atomic mass is 19.1. The van der Waals surface area contributed by atoms with E-state index in [0.29, 0.717) is 35.9 Å². The fourth-order valence-electron chi connectivity index (χ4n) is 6.58. The van der Waals surface area contributed by atoms with Crippen molar-refractivity contribution in [3.63, 3.8) is 0 Å². The molecule has 0 aliphatic heterocycles. The first-order chi connectivity index (χ1) is 25.9. The summed E-state index contributed by atoms with van der Waals surface area (Å²) in [6.07, 6.45) is 3.93. The second-order valence-electron chi connectivity index (χ2n) is 14.1. The van der Waals surface area contributed by atoms with E-state index in [1.165, 1.54) is 0 Å². The fourth-order valence-corrected chi connectivity index (χ4v) is 6.58. The molecule has 4 N–H and O–H groups in total. The van der Waals surface area contributed by atoms with E-state index in [-0.39, 0.29) is 19.2 Å². The predicted octanol–water partition coefficient (Wildman–Crippen LogP) is 8.55. The van der Waals surface area contributed by atoms with Gasteiger partial charge in [-0.25, -0.2) is 18.7 Å². The quantitative estimate of drug-likeness (QED) is 0.121. The van der Waals surface area contributed by atoms with E-state index >= 15 is 0 Å². The first-order valence-electron chi connectivity index (χ1n) is 17.8. The minimum atomic E-state index is -1.03. The number of anilines is 2. The number of nitrogens with zero attached hydrogens (tertiary/aromatic N) is 4. The number of aromatic nitrogens is 4. The Morgan fingerprint density at radius 1 is 0.636 bits per heavy atom. The number of carbonyl (C=O) groups excluding carboxylic acids is 2. The van der Waals surface area contributed by atoms with E-state index in [1.807, 2.05) is 62.4 Å². The van der Waals surface area contributed by atoms with Crippen LogP contribution >= 0.6 is 0 Å². The van der Waals surface area contributed by atoms with Crippen molar-refractivity contribution in [1.29, 1.82) is 0 Å². The third kappa shape index (κ3) is 8.50. The highest BCUT2D eigenvalue weighted by molar-refractivity contribution is 5.97. The smallest absolute Gasteiger partial charge is 0.231 e. The first-order valence-corrected chi connectivity index (χ1v) is 17.8. The summed E-state index contributed by atoms with van der Waals surface area (Å²) in [5.74, 6) is -0.894. The number of alkyl halides is 2. The lowest BCUT2D eigenvalue weighted by molar-refractivity contribution is -0.118. The zero-order chi connectivity index (χ0) is 38.3. The van der Waals surface area contributed by atoms with Crippen molar-refractivity contribution >= 4 is 45.0 Å². The molecule has 8 rings (SSSR count).